The van der Waals surface area contributed by atoms with Gasteiger partial charge < -0.3 is 18.6 Å². The van der Waals surface area contributed by atoms with Crippen molar-refractivity contribution >= 4 is 26.2 Å². The smallest absolute Gasteiger partial charge is 0.333 e. The lowest BCUT2D eigenvalue weighted by molar-refractivity contribution is -0.139. The largest absolute Gasteiger partial charge is 0.462 e. The van der Waals surface area contributed by atoms with E-state index < -0.39 is 26.2 Å². The maximum atomic E-state index is 11.7. The van der Waals surface area contributed by atoms with Crippen molar-refractivity contribution in [2.24, 2.45) is 0 Å². The Kier molecular flexibility index (Phi) is 14.5. The highest BCUT2D eigenvalue weighted by Gasteiger charge is 2.35. The number of ether oxygens (including phenoxy) is 3. The van der Waals surface area contributed by atoms with Crippen molar-refractivity contribution in [3.05, 3.63) is 36.5 Å². The zero-order chi connectivity index (χ0) is 24.7. The average molecular weight is 469 g/mol. The van der Waals surface area contributed by atoms with Crippen molar-refractivity contribution in [3.63, 3.8) is 0 Å². The van der Waals surface area contributed by atoms with Crippen LogP contribution >= 0.6 is 0 Å². The SMILES string of the molecule is C=C(C)C(=O)OCCC[Si](CCCOC(=O)C(=C)C)(CCCOC(=O)C(=C)C)OC(C)C. The molecule has 0 aliphatic heterocycles. The Bertz CT molecular complexity index is 598. The summed E-state index contributed by atoms with van der Waals surface area (Å²) in [6.45, 7) is 20.5. The highest BCUT2D eigenvalue weighted by atomic mass is 28.4. The van der Waals surface area contributed by atoms with E-state index >= 15 is 0 Å². The molecule has 0 rings (SSSR count). The van der Waals surface area contributed by atoms with E-state index in [0.717, 1.165) is 18.1 Å². The van der Waals surface area contributed by atoms with Crippen LogP contribution in [0.5, 0.6) is 0 Å². The van der Waals surface area contributed by atoms with E-state index in [1.54, 1.807) is 20.8 Å². The fourth-order valence-electron chi connectivity index (χ4n) is 3.10. The van der Waals surface area contributed by atoms with Gasteiger partial charge in [0.1, 0.15) is 0 Å². The standard InChI is InChI=1S/C24H40O7Si/c1-18(2)22(25)28-12-9-15-32(31-21(7)8,16-10-13-29-23(26)19(3)4)17-11-14-30-24(27)20(5)6/h21H,1,3,5,9-17H2,2,4,6-8H3. The van der Waals surface area contributed by atoms with Crippen molar-refractivity contribution in [1.82, 2.24) is 0 Å². The normalized spacial score (nSPS) is 11.1. The van der Waals surface area contributed by atoms with Gasteiger partial charge in [0.25, 0.3) is 0 Å². The summed E-state index contributed by atoms with van der Waals surface area (Å²) in [5.41, 5.74) is 1.10. The Morgan fingerprint density at radius 1 is 0.656 bits per heavy atom. The third-order valence-electron chi connectivity index (χ3n) is 4.56. The van der Waals surface area contributed by atoms with Crippen LogP contribution in [0.25, 0.3) is 0 Å². The highest BCUT2D eigenvalue weighted by Crippen LogP contribution is 2.29. The lowest BCUT2D eigenvalue weighted by Crippen LogP contribution is -2.41. The summed E-state index contributed by atoms with van der Waals surface area (Å²) in [6.07, 6.45) is 2.01. The average Bonchev–Trinajstić information content (AvgIpc) is 2.70. The van der Waals surface area contributed by atoms with E-state index in [1.165, 1.54) is 0 Å². The molecule has 0 saturated carbocycles. The van der Waals surface area contributed by atoms with Gasteiger partial charge in [0.2, 0.25) is 0 Å². The van der Waals surface area contributed by atoms with E-state index in [4.69, 9.17) is 18.6 Å². The van der Waals surface area contributed by atoms with Crippen LogP contribution in [0.1, 0.15) is 53.9 Å². The summed E-state index contributed by atoms with van der Waals surface area (Å²) < 4.78 is 22.2. The number of rotatable bonds is 17. The Balaban J connectivity index is 5.07. The molecule has 0 spiro atoms. The molecule has 0 aromatic heterocycles. The number of hydrogen-bond acceptors (Lipinski definition) is 7. The number of carbonyl (C=O) groups excluding carboxylic acids is 3. The van der Waals surface area contributed by atoms with Crippen LogP contribution in [-0.4, -0.2) is 52.1 Å². The number of esters is 3. The van der Waals surface area contributed by atoms with Crippen molar-refractivity contribution in [2.45, 2.75) is 78.1 Å². The van der Waals surface area contributed by atoms with E-state index in [9.17, 15) is 14.4 Å². The van der Waals surface area contributed by atoms with Gasteiger partial charge in [-0.25, -0.2) is 14.4 Å². The zero-order valence-electron chi connectivity index (χ0n) is 20.4. The highest BCUT2D eigenvalue weighted by molar-refractivity contribution is 6.73. The summed E-state index contributed by atoms with van der Waals surface area (Å²) in [5, 5.41) is 0. The third-order valence-corrected chi connectivity index (χ3v) is 9.33. The van der Waals surface area contributed by atoms with E-state index in [1.807, 2.05) is 13.8 Å². The van der Waals surface area contributed by atoms with Crippen molar-refractivity contribution in [2.75, 3.05) is 19.8 Å². The summed E-state index contributed by atoms with van der Waals surface area (Å²) in [6, 6.07) is 2.33. The van der Waals surface area contributed by atoms with Gasteiger partial charge in [-0.15, -0.1) is 0 Å². The lowest BCUT2D eigenvalue weighted by atomic mass is 10.4. The first-order valence-corrected chi connectivity index (χ1v) is 13.6. The molecule has 0 amide bonds. The van der Waals surface area contributed by atoms with Crippen molar-refractivity contribution in [3.8, 4) is 0 Å². The molecule has 0 heterocycles. The van der Waals surface area contributed by atoms with Crippen LogP contribution in [0.4, 0.5) is 0 Å². The van der Waals surface area contributed by atoms with Gasteiger partial charge in [-0.3, -0.25) is 0 Å². The number of hydrogen-bond donors (Lipinski definition) is 0. The minimum atomic E-state index is -2.30. The Hall–Kier alpha value is -2.19. The van der Waals surface area contributed by atoms with E-state index in [-0.39, 0.29) is 25.9 Å². The molecule has 0 aromatic rings. The molecular weight excluding hydrogens is 428 g/mol. The van der Waals surface area contributed by atoms with Crippen molar-refractivity contribution < 1.29 is 33.0 Å². The fourth-order valence-corrected chi connectivity index (χ4v) is 7.57. The number of carbonyl (C=O) groups is 3. The first-order valence-electron chi connectivity index (χ1n) is 11.1. The minimum Gasteiger partial charge on any atom is -0.462 e. The summed E-state index contributed by atoms with van der Waals surface area (Å²) >= 11 is 0. The molecule has 0 unspecified atom stereocenters. The third kappa shape index (κ3) is 13.3. The minimum absolute atomic E-state index is 0.0237. The predicted octanol–water partition coefficient (Wildman–Crippen LogP) is 4.89. The molecule has 0 fully saturated rings. The molecule has 8 heteroatoms. The molecule has 0 radical (unpaired) electrons. The van der Waals surface area contributed by atoms with E-state index in [2.05, 4.69) is 19.7 Å². The van der Waals surface area contributed by atoms with Crippen molar-refractivity contribution in [1.29, 1.82) is 0 Å². The predicted molar refractivity (Wildman–Crippen MR) is 128 cm³/mol. The first kappa shape index (κ1) is 29.8. The second kappa shape index (κ2) is 15.6. The van der Waals surface area contributed by atoms with Gasteiger partial charge >= 0.3 is 17.9 Å². The quantitative estimate of drug-likeness (QED) is 0.0987. The van der Waals surface area contributed by atoms with Gasteiger partial charge in [-0.2, -0.15) is 0 Å². The molecule has 0 atom stereocenters. The van der Waals surface area contributed by atoms with Crippen LogP contribution in [0.2, 0.25) is 18.1 Å². The second-order valence-electron chi connectivity index (χ2n) is 8.41. The molecule has 32 heavy (non-hydrogen) atoms. The van der Waals surface area contributed by atoms with Gasteiger partial charge in [-0.1, -0.05) is 19.7 Å². The van der Waals surface area contributed by atoms with E-state index in [0.29, 0.717) is 36.0 Å². The van der Waals surface area contributed by atoms with Gasteiger partial charge in [0.15, 0.2) is 8.32 Å². The fraction of sp³-hybridized carbons (Fsp3) is 0.625. The monoisotopic (exact) mass is 468 g/mol. The molecule has 0 aromatic carbocycles. The Labute approximate surface area is 194 Å². The molecule has 182 valence electrons. The molecule has 0 saturated heterocycles. The molecule has 0 N–H and O–H groups in total. The van der Waals surface area contributed by atoms with Gasteiger partial charge in [0.05, 0.1) is 19.8 Å². The molecule has 0 aliphatic carbocycles. The topological polar surface area (TPSA) is 88.1 Å². The summed E-state index contributed by atoms with van der Waals surface area (Å²) in [7, 11) is -2.30. The van der Waals surface area contributed by atoms with Crippen LogP contribution < -0.4 is 0 Å². The summed E-state index contributed by atoms with van der Waals surface area (Å²) in [5.74, 6) is -1.21. The van der Waals surface area contributed by atoms with Gasteiger partial charge in [0, 0.05) is 22.8 Å². The Morgan fingerprint density at radius 3 is 1.16 bits per heavy atom. The first-order chi connectivity index (χ1) is 14.9. The van der Waals surface area contributed by atoms with Crippen LogP contribution in [0.3, 0.4) is 0 Å². The van der Waals surface area contributed by atoms with Gasteiger partial charge in [-0.05, 0) is 72.0 Å². The maximum absolute atomic E-state index is 11.7. The second-order valence-corrected chi connectivity index (χ2v) is 12.5. The lowest BCUT2D eigenvalue weighted by Gasteiger charge is -2.34. The van der Waals surface area contributed by atoms with Crippen LogP contribution in [0, 0.1) is 0 Å². The zero-order valence-corrected chi connectivity index (χ0v) is 21.4. The maximum Gasteiger partial charge on any atom is 0.333 e. The molecule has 0 aliphatic rings. The molecule has 0 bridgehead atoms. The summed E-state index contributed by atoms with van der Waals surface area (Å²) in [4.78, 5) is 35.0. The Morgan fingerprint density at radius 2 is 0.938 bits per heavy atom. The van der Waals surface area contributed by atoms with Crippen LogP contribution in [0.15, 0.2) is 36.5 Å². The molecule has 7 nitrogen and oxygen atoms in total. The van der Waals surface area contributed by atoms with Crippen LogP contribution in [-0.2, 0) is 33.0 Å². The molecular formula is C24H40O7Si.